The maximum absolute atomic E-state index is 13.6. The van der Waals surface area contributed by atoms with Gasteiger partial charge >= 0.3 is 0 Å². The highest BCUT2D eigenvalue weighted by molar-refractivity contribution is 5.40. The van der Waals surface area contributed by atoms with Crippen LogP contribution in [0.15, 0.2) is 42.5 Å². The van der Waals surface area contributed by atoms with Gasteiger partial charge in [-0.15, -0.1) is 0 Å². The van der Waals surface area contributed by atoms with Gasteiger partial charge in [0.05, 0.1) is 0 Å². The Morgan fingerprint density at radius 3 is 2.50 bits per heavy atom. The van der Waals surface area contributed by atoms with Gasteiger partial charge in [-0.25, -0.2) is 4.39 Å². The highest BCUT2D eigenvalue weighted by atomic mass is 19.1. The van der Waals surface area contributed by atoms with E-state index in [0.717, 1.165) is 12.1 Å². The molecule has 1 N–H and O–H groups in total. The number of halogens is 1. The predicted molar refractivity (Wildman–Crippen MR) is 79.6 cm³/mol. The zero-order chi connectivity index (χ0) is 14.5. The number of hydrogen-bond donors (Lipinski definition) is 1. The van der Waals surface area contributed by atoms with Crippen LogP contribution in [-0.4, -0.2) is 6.04 Å². The van der Waals surface area contributed by atoms with E-state index in [0.29, 0.717) is 11.8 Å². The molecule has 2 aromatic rings. The number of hydrogen-bond acceptors (Lipinski definition) is 2. The summed E-state index contributed by atoms with van der Waals surface area (Å²) < 4.78 is 19.2. The summed E-state index contributed by atoms with van der Waals surface area (Å²) in [6.07, 6.45) is 0. The van der Waals surface area contributed by atoms with Gasteiger partial charge in [-0.3, -0.25) is 0 Å². The standard InChI is InChI=1S/C17H20FNO/c1-12(2)19-11-14-8-9-16(13(3)10-14)20-17-7-5-4-6-15(17)18/h4-10,12,19H,11H2,1-3H3. The Bertz CT molecular complexity index is 581. The van der Waals surface area contributed by atoms with Crippen LogP contribution in [0, 0.1) is 12.7 Å². The molecule has 0 amide bonds. The number of para-hydroxylation sites is 1. The van der Waals surface area contributed by atoms with Crippen LogP contribution >= 0.6 is 0 Å². The fraction of sp³-hybridized carbons (Fsp3) is 0.294. The van der Waals surface area contributed by atoms with Crippen LogP contribution in [-0.2, 0) is 6.54 Å². The summed E-state index contributed by atoms with van der Waals surface area (Å²) in [4.78, 5) is 0. The molecule has 0 saturated heterocycles. The van der Waals surface area contributed by atoms with E-state index >= 15 is 0 Å². The van der Waals surface area contributed by atoms with Crippen LogP contribution < -0.4 is 10.1 Å². The smallest absolute Gasteiger partial charge is 0.165 e. The molecule has 0 unspecified atom stereocenters. The van der Waals surface area contributed by atoms with Crippen molar-refractivity contribution in [2.75, 3.05) is 0 Å². The molecule has 106 valence electrons. The lowest BCUT2D eigenvalue weighted by Crippen LogP contribution is -2.21. The summed E-state index contributed by atoms with van der Waals surface area (Å²) in [5, 5.41) is 3.37. The van der Waals surface area contributed by atoms with Crippen molar-refractivity contribution in [2.45, 2.75) is 33.4 Å². The van der Waals surface area contributed by atoms with Crippen LogP contribution in [0.1, 0.15) is 25.0 Å². The quantitative estimate of drug-likeness (QED) is 0.870. The van der Waals surface area contributed by atoms with Crippen molar-refractivity contribution in [3.05, 3.63) is 59.4 Å². The summed E-state index contributed by atoms with van der Waals surface area (Å²) in [6, 6.07) is 12.8. The second-order valence-electron chi connectivity index (χ2n) is 5.17. The van der Waals surface area contributed by atoms with Gasteiger partial charge in [0.15, 0.2) is 11.6 Å². The van der Waals surface area contributed by atoms with E-state index in [2.05, 4.69) is 25.2 Å². The summed E-state index contributed by atoms with van der Waals surface area (Å²) in [5.41, 5.74) is 2.19. The lowest BCUT2D eigenvalue weighted by atomic mass is 10.1. The fourth-order valence-electron chi connectivity index (χ4n) is 1.90. The van der Waals surface area contributed by atoms with Gasteiger partial charge in [0.25, 0.3) is 0 Å². The van der Waals surface area contributed by atoms with Crippen LogP contribution in [0.5, 0.6) is 11.5 Å². The molecule has 3 heteroatoms. The van der Waals surface area contributed by atoms with Crippen LogP contribution in [0.3, 0.4) is 0 Å². The van der Waals surface area contributed by atoms with E-state index in [9.17, 15) is 4.39 Å². The number of nitrogens with one attached hydrogen (secondary N) is 1. The summed E-state index contributed by atoms with van der Waals surface area (Å²) in [7, 11) is 0. The van der Waals surface area contributed by atoms with Gasteiger partial charge < -0.3 is 10.1 Å². The Kier molecular flexibility index (Phi) is 4.74. The van der Waals surface area contributed by atoms with Crippen molar-refractivity contribution in [3.8, 4) is 11.5 Å². The summed E-state index contributed by atoms with van der Waals surface area (Å²) in [5.74, 6) is 0.588. The highest BCUT2D eigenvalue weighted by Crippen LogP contribution is 2.27. The Morgan fingerprint density at radius 2 is 1.85 bits per heavy atom. The van der Waals surface area contributed by atoms with Crippen molar-refractivity contribution >= 4 is 0 Å². The van der Waals surface area contributed by atoms with Crippen LogP contribution in [0.4, 0.5) is 4.39 Å². The molecule has 0 aliphatic carbocycles. The molecule has 2 aromatic carbocycles. The Balaban J connectivity index is 2.12. The Hall–Kier alpha value is -1.87. The second-order valence-corrected chi connectivity index (χ2v) is 5.17. The average Bonchev–Trinajstić information content (AvgIpc) is 2.41. The molecule has 20 heavy (non-hydrogen) atoms. The topological polar surface area (TPSA) is 21.3 Å². The third-order valence-corrected chi connectivity index (χ3v) is 3.01. The second kappa shape index (κ2) is 6.53. The van der Waals surface area contributed by atoms with E-state index in [4.69, 9.17) is 4.74 Å². The molecular formula is C17H20FNO. The Morgan fingerprint density at radius 1 is 1.10 bits per heavy atom. The van der Waals surface area contributed by atoms with Crippen molar-refractivity contribution in [3.63, 3.8) is 0 Å². The van der Waals surface area contributed by atoms with Gasteiger partial charge in [-0.05, 0) is 36.2 Å². The lowest BCUT2D eigenvalue weighted by molar-refractivity contribution is 0.439. The van der Waals surface area contributed by atoms with Crippen molar-refractivity contribution in [1.82, 2.24) is 5.32 Å². The first-order valence-corrected chi connectivity index (χ1v) is 6.81. The van der Waals surface area contributed by atoms with Crippen molar-refractivity contribution in [1.29, 1.82) is 0 Å². The minimum Gasteiger partial charge on any atom is -0.454 e. The molecule has 0 bridgehead atoms. The zero-order valence-electron chi connectivity index (χ0n) is 12.1. The SMILES string of the molecule is Cc1cc(CNC(C)C)ccc1Oc1ccccc1F. The number of aryl methyl sites for hydroxylation is 1. The Labute approximate surface area is 119 Å². The molecule has 0 aliphatic rings. The van der Waals surface area contributed by atoms with Crippen LogP contribution in [0.2, 0.25) is 0 Å². The summed E-state index contributed by atoms with van der Waals surface area (Å²) in [6.45, 7) is 7.01. The largest absolute Gasteiger partial charge is 0.454 e. The van der Waals surface area contributed by atoms with Gasteiger partial charge in [0.1, 0.15) is 5.75 Å². The van der Waals surface area contributed by atoms with E-state index in [-0.39, 0.29) is 11.6 Å². The maximum atomic E-state index is 13.6. The molecule has 2 nitrogen and oxygen atoms in total. The van der Waals surface area contributed by atoms with E-state index in [1.54, 1.807) is 18.2 Å². The molecule has 0 radical (unpaired) electrons. The van der Waals surface area contributed by atoms with Gasteiger partial charge in [-0.1, -0.05) is 38.1 Å². The zero-order valence-corrected chi connectivity index (χ0v) is 12.1. The molecule has 0 saturated carbocycles. The maximum Gasteiger partial charge on any atom is 0.165 e. The third kappa shape index (κ3) is 3.81. The first-order chi connectivity index (χ1) is 9.56. The number of rotatable bonds is 5. The van der Waals surface area contributed by atoms with Crippen molar-refractivity contribution in [2.24, 2.45) is 0 Å². The average molecular weight is 273 g/mol. The van der Waals surface area contributed by atoms with Gasteiger partial charge in [0.2, 0.25) is 0 Å². The van der Waals surface area contributed by atoms with Gasteiger partial charge in [-0.2, -0.15) is 0 Å². The van der Waals surface area contributed by atoms with Crippen LogP contribution in [0.25, 0.3) is 0 Å². The van der Waals surface area contributed by atoms with E-state index < -0.39 is 0 Å². The predicted octanol–water partition coefficient (Wildman–Crippen LogP) is 4.42. The summed E-state index contributed by atoms with van der Waals surface area (Å²) >= 11 is 0. The minimum atomic E-state index is -0.350. The molecule has 0 atom stereocenters. The highest BCUT2D eigenvalue weighted by Gasteiger charge is 2.06. The lowest BCUT2D eigenvalue weighted by Gasteiger charge is -2.12. The molecule has 0 spiro atoms. The van der Waals surface area contributed by atoms with Crippen molar-refractivity contribution < 1.29 is 9.13 Å². The number of ether oxygens (including phenoxy) is 1. The third-order valence-electron chi connectivity index (χ3n) is 3.01. The molecular weight excluding hydrogens is 253 g/mol. The first kappa shape index (κ1) is 14.5. The molecule has 2 rings (SSSR count). The normalized spacial score (nSPS) is 10.8. The first-order valence-electron chi connectivity index (χ1n) is 6.81. The van der Waals surface area contributed by atoms with E-state index in [1.165, 1.54) is 11.6 Å². The van der Waals surface area contributed by atoms with Gasteiger partial charge in [0, 0.05) is 12.6 Å². The van der Waals surface area contributed by atoms with E-state index in [1.807, 2.05) is 19.1 Å². The molecule has 0 fully saturated rings. The molecule has 0 aliphatic heterocycles. The fourth-order valence-corrected chi connectivity index (χ4v) is 1.90. The minimum absolute atomic E-state index is 0.253. The molecule has 0 heterocycles. The number of benzene rings is 2. The monoisotopic (exact) mass is 273 g/mol. The molecule has 0 aromatic heterocycles.